The summed E-state index contributed by atoms with van der Waals surface area (Å²) in [5.41, 5.74) is 6.37. The van der Waals surface area contributed by atoms with E-state index in [0.717, 1.165) is 39.7 Å². The zero-order valence-electron chi connectivity index (χ0n) is 21.9. The summed E-state index contributed by atoms with van der Waals surface area (Å²) in [4.78, 5) is 12.1. The van der Waals surface area contributed by atoms with Gasteiger partial charge in [0.1, 0.15) is 32.5 Å². The van der Waals surface area contributed by atoms with Crippen molar-refractivity contribution < 1.29 is 4.74 Å². The van der Waals surface area contributed by atoms with Crippen LogP contribution in [0.25, 0.3) is 33.5 Å². The van der Waals surface area contributed by atoms with Crippen LogP contribution in [-0.2, 0) is 0 Å². The predicted octanol–water partition coefficient (Wildman–Crippen LogP) is 5.86. The molecule has 1 aromatic heterocycles. The van der Waals surface area contributed by atoms with Gasteiger partial charge in [-0.15, -0.1) is 0 Å². The Morgan fingerprint density at radius 1 is 0.571 bits per heavy atom. The Balaban J connectivity index is 1.46. The number of fused-ring (bicyclic) bond motifs is 3. The SMILES string of the molecule is N=c1c(=N)/c(=N\S)c2nc(-c3ccc(N4c5ccccc5Oc5ccccc54)cc3)c(-c3ccccc3)nc2/c1=N/S. The number of nitrogens with zero attached hydrogens (tertiary/aromatic N) is 5. The number of benzene rings is 5. The molecule has 0 aliphatic carbocycles. The van der Waals surface area contributed by atoms with Crippen LogP contribution in [0.3, 0.4) is 0 Å². The molecule has 2 heterocycles. The summed E-state index contributed by atoms with van der Waals surface area (Å²) in [5, 5.41) is 16.9. The molecule has 0 saturated carbocycles. The van der Waals surface area contributed by atoms with Crippen molar-refractivity contribution in [2.24, 2.45) is 8.80 Å². The second-order valence-electron chi connectivity index (χ2n) is 9.55. The van der Waals surface area contributed by atoms with Gasteiger partial charge in [0.25, 0.3) is 0 Å². The Morgan fingerprint density at radius 2 is 1.02 bits per heavy atom. The Bertz CT molecular complexity index is 2200. The molecule has 42 heavy (non-hydrogen) atoms. The van der Waals surface area contributed by atoms with Crippen LogP contribution in [0.4, 0.5) is 17.1 Å². The van der Waals surface area contributed by atoms with Gasteiger partial charge in [-0.3, -0.25) is 10.8 Å². The molecule has 0 radical (unpaired) electrons. The van der Waals surface area contributed by atoms with Crippen molar-refractivity contribution >= 4 is 53.7 Å². The van der Waals surface area contributed by atoms with E-state index in [2.05, 4.69) is 39.3 Å². The number of hydrogen-bond acceptors (Lipinski definition) is 10. The topological polar surface area (TPSA) is 111 Å². The Morgan fingerprint density at radius 3 is 1.52 bits per heavy atom. The first-order valence-electron chi connectivity index (χ1n) is 13.0. The monoisotopic (exact) mass is 583 g/mol. The summed E-state index contributed by atoms with van der Waals surface area (Å²) in [6.07, 6.45) is 0. The molecule has 6 aromatic rings. The molecule has 7 rings (SSSR count). The smallest absolute Gasteiger partial charge is 0.151 e. The first-order valence-corrected chi connectivity index (χ1v) is 13.8. The van der Waals surface area contributed by atoms with Crippen molar-refractivity contribution in [1.82, 2.24) is 9.97 Å². The number of aromatic nitrogens is 2. The van der Waals surface area contributed by atoms with E-state index >= 15 is 0 Å². The van der Waals surface area contributed by atoms with E-state index in [1.54, 1.807) is 0 Å². The van der Waals surface area contributed by atoms with Crippen molar-refractivity contribution in [3.05, 3.63) is 125 Å². The van der Waals surface area contributed by atoms with Gasteiger partial charge >= 0.3 is 0 Å². The molecule has 10 heteroatoms. The third kappa shape index (κ3) is 4.11. The maximum atomic E-state index is 8.47. The number of rotatable bonds is 3. The highest BCUT2D eigenvalue weighted by atomic mass is 32.1. The maximum Gasteiger partial charge on any atom is 0.151 e. The predicted molar refractivity (Wildman–Crippen MR) is 168 cm³/mol. The molecular weight excluding hydrogens is 563 g/mol. The third-order valence-electron chi connectivity index (χ3n) is 7.15. The summed E-state index contributed by atoms with van der Waals surface area (Å²) in [7, 11) is 0. The summed E-state index contributed by atoms with van der Waals surface area (Å²) in [6, 6.07) is 33.7. The molecule has 5 aromatic carbocycles. The highest BCUT2D eigenvalue weighted by Gasteiger charge is 2.25. The van der Waals surface area contributed by atoms with Crippen LogP contribution >= 0.6 is 25.6 Å². The normalized spacial score (nSPS) is 13.1. The third-order valence-corrected chi connectivity index (χ3v) is 7.55. The van der Waals surface area contributed by atoms with Crippen LogP contribution in [0, 0.1) is 10.8 Å². The average Bonchev–Trinajstić information content (AvgIpc) is 3.04. The van der Waals surface area contributed by atoms with E-state index in [4.69, 9.17) is 25.5 Å². The maximum absolute atomic E-state index is 8.47. The van der Waals surface area contributed by atoms with E-state index in [1.165, 1.54) is 0 Å². The molecule has 0 unspecified atom stereocenters. The summed E-state index contributed by atoms with van der Waals surface area (Å²) in [5.74, 6) is 1.56. The molecule has 8 nitrogen and oxygen atoms in total. The molecule has 1 aliphatic heterocycles. The zero-order chi connectivity index (χ0) is 28.8. The molecule has 1 aliphatic rings. The minimum Gasteiger partial charge on any atom is -0.453 e. The van der Waals surface area contributed by atoms with Gasteiger partial charge in [0.05, 0.1) is 22.8 Å². The molecule has 2 N–H and O–H groups in total. The summed E-state index contributed by atoms with van der Waals surface area (Å²) in [6.45, 7) is 0. The van der Waals surface area contributed by atoms with Gasteiger partial charge in [-0.1, -0.05) is 66.7 Å². The first kappa shape index (κ1) is 25.9. The van der Waals surface area contributed by atoms with Gasteiger partial charge in [0.15, 0.2) is 11.5 Å². The van der Waals surface area contributed by atoms with Crippen LogP contribution in [0.15, 0.2) is 112 Å². The fraction of sp³-hybridized carbons (Fsp3) is 0. The Hall–Kier alpha value is -5.06. The molecule has 0 fully saturated rings. The van der Waals surface area contributed by atoms with Crippen molar-refractivity contribution in [3.63, 3.8) is 0 Å². The van der Waals surface area contributed by atoms with Crippen molar-refractivity contribution in [2.45, 2.75) is 0 Å². The Labute approximate surface area is 250 Å². The van der Waals surface area contributed by atoms with Gasteiger partial charge in [-0.2, -0.15) is 0 Å². The lowest BCUT2D eigenvalue weighted by molar-refractivity contribution is 0.477. The number of hydrogen-bond donors (Lipinski definition) is 4. The zero-order valence-corrected chi connectivity index (χ0v) is 23.6. The summed E-state index contributed by atoms with van der Waals surface area (Å²) < 4.78 is 14.1. The lowest BCUT2D eigenvalue weighted by Crippen LogP contribution is -2.48. The van der Waals surface area contributed by atoms with E-state index < -0.39 is 0 Å². The Kier molecular flexibility index (Phi) is 6.41. The van der Waals surface area contributed by atoms with Gasteiger partial charge < -0.3 is 9.64 Å². The second kappa shape index (κ2) is 10.4. The standard InChI is InChI=1S/C32H21N7OS2/c33-25-26(34)30(38-42)32-31(29(25)37-41)35-27(18-8-2-1-3-9-18)28(36-32)19-14-16-20(17-15-19)39-21-10-4-6-12-23(21)40-24-13-7-5-11-22(24)39/h1-17,33-34,41-42H/b33-25?,34-26?,37-29+,38-30+. The molecule has 0 spiro atoms. The van der Waals surface area contributed by atoms with Gasteiger partial charge in [0, 0.05) is 16.8 Å². The lowest BCUT2D eigenvalue weighted by Gasteiger charge is -2.32. The molecule has 0 amide bonds. The number of thiol groups is 2. The number of anilines is 3. The van der Waals surface area contributed by atoms with Crippen molar-refractivity contribution in [2.75, 3.05) is 4.90 Å². The minimum atomic E-state index is -0.141. The highest BCUT2D eigenvalue weighted by molar-refractivity contribution is 7.78. The fourth-order valence-electron chi connectivity index (χ4n) is 5.18. The number of ether oxygens (including phenoxy) is 1. The number of nitrogens with one attached hydrogen (secondary N) is 2. The van der Waals surface area contributed by atoms with Crippen molar-refractivity contribution in [1.29, 1.82) is 10.8 Å². The van der Waals surface area contributed by atoms with E-state index in [0.29, 0.717) is 22.4 Å². The largest absolute Gasteiger partial charge is 0.453 e. The molecule has 0 bridgehead atoms. The van der Waals surface area contributed by atoms with Gasteiger partial charge in [-0.05, 0) is 62.0 Å². The van der Waals surface area contributed by atoms with Crippen LogP contribution in [0.1, 0.15) is 0 Å². The second-order valence-corrected chi connectivity index (χ2v) is 9.95. The van der Waals surface area contributed by atoms with Gasteiger partial charge in [0.2, 0.25) is 0 Å². The van der Waals surface area contributed by atoms with E-state index in [1.807, 2.05) is 103 Å². The highest BCUT2D eigenvalue weighted by Crippen LogP contribution is 2.50. The molecular formula is C32H21N7OS2. The summed E-state index contributed by atoms with van der Waals surface area (Å²) >= 11 is 8.17. The fourth-order valence-corrected chi connectivity index (χ4v) is 5.57. The van der Waals surface area contributed by atoms with Crippen LogP contribution in [0.5, 0.6) is 11.5 Å². The molecule has 0 saturated heterocycles. The van der Waals surface area contributed by atoms with E-state index in [-0.39, 0.29) is 21.4 Å². The first-order chi connectivity index (χ1) is 20.6. The van der Waals surface area contributed by atoms with Crippen LogP contribution in [0.2, 0.25) is 0 Å². The molecule has 0 atom stereocenters. The van der Waals surface area contributed by atoms with E-state index in [9.17, 15) is 0 Å². The lowest BCUT2D eigenvalue weighted by atomic mass is 10.0. The number of para-hydroxylation sites is 4. The van der Waals surface area contributed by atoms with Crippen LogP contribution < -0.4 is 31.1 Å². The van der Waals surface area contributed by atoms with Crippen LogP contribution in [-0.4, -0.2) is 9.97 Å². The van der Waals surface area contributed by atoms with Crippen molar-refractivity contribution in [3.8, 4) is 34.0 Å². The minimum absolute atomic E-state index is 0.137. The quantitative estimate of drug-likeness (QED) is 0.195. The molecule has 202 valence electrons. The van der Waals surface area contributed by atoms with Gasteiger partial charge in [-0.25, -0.2) is 18.8 Å². The average molecular weight is 584 g/mol.